The van der Waals surface area contributed by atoms with E-state index in [9.17, 15) is 9.59 Å². The second kappa shape index (κ2) is 6.51. The summed E-state index contributed by atoms with van der Waals surface area (Å²) in [6, 6.07) is 6.84. The van der Waals surface area contributed by atoms with Crippen molar-refractivity contribution in [1.29, 1.82) is 0 Å². The first-order chi connectivity index (χ1) is 11.2. The number of hydrogen-bond donors (Lipinski definition) is 2. The molecule has 3 amide bonds. The molecule has 0 aliphatic carbocycles. The van der Waals surface area contributed by atoms with Crippen LogP contribution in [0.25, 0.3) is 5.69 Å². The SMILES string of the molecule is CNC(=O)C1CCCN1C(=O)Nc1ccc(-n2ccnc2)cc1. The molecule has 1 aliphatic rings. The third kappa shape index (κ3) is 3.18. The molecule has 1 atom stereocenters. The third-order valence-corrected chi connectivity index (χ3v) is 3.98. The van der Waals surface area contributed by atoms with Crippen LogP contribution in [0.15, 0.2) is 43.0 Å². The Balaban J connectivity index is 1.67. The van der Waals surface area contributed by atoms with Gasteiger partial charge in [-0.15, -0.1) is 0 Å². The Hall–Kier alpha value is -2.83. The van der Waals surface area contributed by atoms with Gasteiger partial charge in [-0.05, 0) is 37.1 Å². The summed E-state index contributed by atoms with van der Waals surface area (Å²) in [5, 5.41) is 5.46. The zero-order chi connectivity index (χ0) is 16.2. The summed E-state index contributed by atoms with van der Waals surface area (Å²) in [6.07, 6.45) is 6.82. The van der Waals surface area contributed by atoms with E-state index in [1.165, 1.54) is 0 Å². The van der Waals surface area contributed by atoms with E-state index in [-0.39, 0.29) is 18.0 Å². The van der Waals surface area contributed by atoms with E-state index in [2.05, 4.69) is 15.6 Å². The maximum Gasteiger partial charge on any atom is 0.322 e. The molecule has 2 heterocycles. The van der Waals surface area contributed by atoms with E-state index in [4.69, 9.17) is 0 Å². The van der Waals surface area contributed by atoms with Crippen LogP contribution in [0.4, 0.5) is 10.5 Å². The predicted molar refractivity (Wildman–Crippen MR) is 86.4 cm³/mol. The first-order valence-corrected chi connectivity index (χ1v) is 7.56. The Kier molecular flexibility index (Phi) is 4.27. The average molecular weight is 313 g/mol. The number of hydrogen-bond acceptors (Lipinski definition) is 3. The molecule has 120 valence electrons. The van der Waals surface area contributed by atoms with Crippen LogP contribution in [0.5, 0.6) is 0 Å². The lowest BCUT2D eigenvalue weighted by molar-refractivity contribution is -0.124. The lowest BCUT2D eigenvalue weighted by atomic mass is 10.2. The Labute approximate surface area is 134 Å². The minimum Gasteiger partial charge on any atom is -0.357 e. The van der Waals surface area contributed by atoms with Crippen LogP contribution in [0, 0.1) is 0 Å². The molecule has 3 rings (SSSR count). The highest BCUT2D eigenvalue weighted by molar-refractivity contribution is 5.94. The van der Waals surface area contributed by atoms with Crippen molar-refractivity contribution < 1.29 is 9.59 Å². The summed E-state index contributed by atoms with van der Waals surface area (Å²) >= 11 is 0. The second-order valence-electron chi connectivity index (χ2n) is 5.41. The highest BCUT2D eigenvalue weighted by Gasteiger charge is 2.33. The Morgan fingerprint density at radius 2 is 2.04 bits per heavy atom. The van der Waals surface area contributed by atoms with Crippen molar-refractivity contribution in [3.8, 4) is 5.69 Å². The lowest BCUT2D eigenvalue weighted by Gasteiger charge is -2.23. The van der Waals surface area contributed by atoms with Gasteiger partial charge in [0, 0.05) is 37.4 Å². The van der Waals surface area contributed by atoms with Gasteiger partial charge in [0.05, 0.1) is 6.33 Å². The van der Waals surface area contributed by atoms with Gasteiger partial charge in [-0.25, -0.2) is 9.78 Å². The second-order valence-corrected chi connectivity index (χ2v) is 5.41. The fourth-order valence-electron chi connectivity index (χ4n) is 2.77. The van der Waals surface area contributed by atoms with Crippen LogP contribution in [-0.4, -0.2) is 46.0 Å². The zero-order valence-electron chi connectivity index (χ0n) is 12.9. The molecule has 1 aromatic carbocycles. The van der Waals surface area contributed by atoms with Gasteiger partial charge in [0.1, 0.15) is 6.04 Å². The molecule has 2 aromatic rings. The summed E-state index contributed by atoms with van der Waals surface area (Å²) in [5.41, 5.74) is 1.66. The first kappa shape index (κ1) is 15.1. The Morgan fingerprint density at radius 3 is 2.70 bits per heavy atom. The van der Waals surface area contributed by atoms with Crippen molar-refractivity contribution in [2.45, 2.75) is 18.9 Å². The van der Waals surface area contributed by atoms with Crippen LogP contribution in [0.3, 0.4) is 0 Å². The van der Waals surface area contributed by atoms with Crippen LogP contribution in [0.1, 0.15) is 12.8 Å². The van der Waals surface area contributed by atoms with Crippen molar-refractivity contribution in [1.82, 2.24) is 19.8 Å². The number of amides is 3. The highest BCUT2D eigenvalue weighted by atomic mass is 16.2. The van der Waals surface area contributed by atoms with Gasteiger partial charge in [0.2, 0.25) is 5.91 Å². The number of anilines is 1. The Bertz CT molecular complexity index is 681. The summed E-state index contributed by atoms with van der Waals surface area (Å²) < 4.78 is 1.88. The van der Waals surface area contributed by atoms with E-state index in [1.54, 1.807) is 24.5 Å². The first-order valence-electron chi connectivity index (χ1n) is 7.56. The van der Waals surface area contributed by atoms with Gasteiger partial charge in [0.25, 0.3) is 0 Å². The van der Waals surface area contributed by atoms with Gasteiger partial charge < -0.3 is 20.1 Å². The van der Waals surface area contributed by atoms with Gasteiger partial charge in [-0.3, -0.25) is 4.79 Å². The molecule has 0 radical (unpaired) electrons. The number of likely N-dealkylation sites (N-methyl/N-ethyl adjacent to an activating group) is 1. The van der Waals surface area contributed by atoms with E-state index >= 15 is 0 Å². The maximum absolute atomic E-state index is 12.4. The van der Waals surface area contributed by atoms with E-state index in [0.29, 0.717) is 18.7 Å². The maximum atomic E-state index is 12.4. The molecule has 1 unspecified atom stereocenters. The molecule has 7 heteroatoms. The lowest BCUT2D eigenvalue weighted by Crippen LogP contribution is -2.46. The number of likely N-dealkylation sites (tertiary alicyclic amines) is 1. The van der Waals surface area contributed by atoms with Gasteiger partial charge >= 0.3 is 6.03 Å². The number of nitrogens with one attached hydrogen (secondary N) is 2. The number of imidazole rings is 1. The molecule has 7 nitrogen and oxygen atoms in total. The van der Waals surface area contributed by atoms with Crippen LogP contribution < -0.4 is 10.6 Å². The van der Waals surface area contributed by atoms with Gasteiger partial charge in [-0.2, -0.15) is 0 Å². The minimum absolute atomic E-state index is 0.117. The molecule has 23 heavy (non-hydrogen) atoms. The largest absolute Gasteiger partial charge is 0.357 e. The number of carbonyl (C=O) groups is 2. The molecule has 1 aliphatic heterocycles. The number of carbonyl (C=O) groups excluding carboxylic acids is 2. The number of nitrogens with zero attached hydrogens (tertiary/aromatic N) is 3. The minimum atomic E-state index is -0.384. The standard InChI is InChI=1S/C16H19N5O2/c1-17-15(22)14-3-2-9-21(14)16(23)19-12-4-6-13(7-5-12)20-10-8-18-11-20/h4-8,10-11,14H,2-3,9H2,1H3,(H,17,22)(H,19,23). The quantitative estimate of drug-likeness (QED) is 0.903. The molecule has 2 N–H and O–H groups in total. The Morgan fingerprint density at radius 1 is 1.26 bits per heavy atom. The van der Waals surface area contributed by atoms with Crippen molar-refractivity contribution in [3.05, 3.63) is 43.0 Å². The highest BCUT2D eigenvalue weighted by Crippen LogP contribution is 2.20. The van der Waals surface area contributed by atoms with E-state index < -0.39 is 0 Å². The zero-order valence-corrected chi connectivity index (χ0v) is 12.9. The summed E-state index contributed by atoms with van der Waals surface area (Å²) in [7, 11) is 1.59. The van der Waals surface area contributed by atoms with Crippen molar-refractivity contribution in [2.75, 3.05) is 18.9 Å². The number of benzene rings is 1. The molecule has 1 saturated heterocycles. The third-order valence-electron chi connectivity index (χ3n) is 3.98. The van der Waals surface area contributed by atoms with E-state index in [0.717, 1.165) is 12.1 Å². The van der Waals surface area contributed by atoms with Crippen molar-refractivity contribution >= 4 is 17.6 Å². The summed E-state index contributed by atoms with van der Waals surface area (Å²) in [4.78, 5) is 29.8. The average Bonchev–Trinajstić information content (AvgIpc) is 3.26. The van der Waals surface area contributed by atoms with Crippen molar-refractivity contribution in [2.24, 2.45) is 0 Å². The monoisotopic (exact) mass is 313 g/mol. The van der Waals surface area contributed by atoms with Crippen LogP contribution in [0.2, 0.25) is 0 Å². The fourth-order valence-corrected chi connectivity index (χ4v) is 2.77. The summed E-state index contributed by atoms with van der Waals surface area (Å²) in [6.45, 7) is 0.594. The smallest absolute Gasteiger partial charge is 0.322 e. The number of urea groups is 1. The number of aromatic nitrogens is 2. The van der Waals surface area contributed by atoms with Crippen molar-refractivity contribution in [3.63, 3.8) is 0 Å². The fraction of sp³-hybridized carbons (Fsp3) is 0.312. The van der Waals surface area contributed by atoms with Gasteiger partial charge in [-0.1, -0.05) is 0 Å². The number of rotatable bonds is 3. The normalized spacial score (nSPS) is 17.1. The van der Waals surface area contributed by atoms with Gasteiger partial charge in [0.15, 0.2) is 0 Å². The molecular weight excluding hydrogens is 294 g/mol. The molecule has 1 aromatic heterocycles. The molecule has 1 fully saturated rings. The summed E-state index contributed by atoms with van der Waals surface area (Å²) in [5.74, 6) is -0.117. The molecule has 0 spiro atoms. The van der Waals surface area contributed by atoms with Crippen LogP contribution in [-0.2, 0) is 4.79 Å². The van der Waals surface area contributed by atoms with E-state index in [1.807, 2.05) is 35.0 Å². The molecule has 0 saturated carbocycles. The molecule has 0 bridgehead atoms. The molecular formula is C16H19N5O2. The predicted octanol–water partition coefficient (Wildman–Crippen LogP) is 1.61. The topological polar surface area (TPSA) is 79.3 Å². The van der Waals surface area contributed by atoms with Crippen LogP contribution >= 0.6 is 0 Å².